The van der Waals surface area contributed by atoms with E-state index in [-0.39, 0.29) is 35.6 Å². The van der Waals surface area contributed by atoms with E-state index in [0.29, 0.717) is 30.4 Å². The summed E-state index contributed by atoms with van der Waals surface area (Å²) in [5, 5.41) is 9.77. The van der Waals surface area contributed by atoms with Crippen molar-refractivity contribution >= 4 is 15.9 Å². The van der Waals surface area contributed by atoms with Crippen LogP contribution in [0.3, 0.4) is 0 Å². The Morgan fingerprint density at radius 3 is 2.62 bits per heavy atom. The highest BCUT2D eigenvalue weighted by Gasteiger charge is 2.38. The largest absolute Gasteiger partial charge is 0.487 e. The average Bonchev–Trinajstić information content (AvgIpc) is 3.59. The molecule has 34 heavy (non-hydrogen) atoms. The Hall–Kier alpha value is -2.08. The van der Waals surface area contributed by atoms with Crippen molar-refractivity contribution in [3.05, 3.63) is 23.8 Å². The molecule has 8 heteroatoms. The highest BCUT2D eigenvalue weighted by atomic mass is 32.2. The number of hydrogen-bond acceptors (Lipinski definition) is 5. The van der Waals surface area contributed by atoms with E-state index in [2.05, 4.69) is 25.7 Å². The minimum atomic E-state index is -3.89. The fourth-order valence-corrected chi connectivity index (χ4v) is 5.80. The highest BCUT2D eigenvalue weighted by Crippen LogP contribution is 2.35. The molecule has 0 bridgehead atoms. The number of carbonyl (C=O) groups excluding carboxylic acids is 1. The van der Waals surface area contributed by atoms with Crippen LogP contribution in [0, 0.1) is 29.6 Å². The van der Waals surface area contributed by atoms with Crippen LogP contribution < -0.4 is 4.74 Å². The quantitative estimate of drug-likeness (QED) is 0.594. The summed E-state index contributed by atoms with van der Waals surface area (Å²) in [5.74, 6) is 7.29. The summed E-state index contributed by atoms with van der Waals surface area (Å²) in [6.07, 6.45) is 3.10. The number of aliphatic hydroxyl groups excluding tert-OH is 1. The first kappa shape index (κ1) is 26.5. The zero-order chi connectivity index (χ0) is 25.0. The van der Waals surface area contributed by atoms with E-state index in [1.165, 1.54) is 10.4 Å². The van der Waals surface area contributed by atoms with Crippen molar-refractivity contribution in [1.29, 1.82) is 0 Å². The molecule has 2 aliphatic rings. The predicted octanol–water partition coefficient (Wildman–Crippen LogP) is 3.11. The van der Waals surface area contributed by atoms with Gasteiger partial charge in [-0.3, -0.25) is 4.79 Å². The van der Waals surface area contributed by atoms with Gasteiger partial charge in [-0.1, -0.05) is 32.6 Å². The smallest absolute Gasteiger partial charge is 0.247 e. The Morgan fingerprint density at radius 1 is 1.29 bits per heavy atom. The van der Waals surface area contributed by atoms with Gasteiger partial charge >= 0.3 is 0 Å². The van der Waals surface area contributed by atoms with Crippen LogP contribution >= 0.6 is 0 Å². The molecule has 0 saturated heterocycles. The van der Waals surface area contributed by atoms with Gasteiger partial charge in [-0.05, 0) is 49.8 Å². The first-order chi connectivity index (χ1) is 16.0. The fourth-order valence-electron chi connectivity index (χ4n) is 3.97. The zero-order valence-corrected chi connectivity index (χ0v) is 21.8. The highest BCUT2D eigenvalue weighted by molar-refractivity contribution is 7.89. The molecule has 1 amide bonds. The number of likely N-dealkylation sites (N-methyl/N-ethyl adjacent to an activating group) is 1. The van der Waals surface area contributed by atoms with Gasteiger partial charge in [0.15, 0.2) is 0 Å². The van der Waals surface area contributed by atoms with Crippen LogP contribution in [0.15, 0.2) is 23.1 Å². The molecule has 0 spiro atoms. The number of hydrogen-bond donors (Lipinski definition) is 1. The van der Waals surface area contributed by atoms with E-state index >= 15 is 0 Å². The van der Waals surface area contributed by atoms with Crippen molar-refractivity contribution in [2.45, 2.75) is 70.4 Å². The van der Waals surface area contributed by atoms with Gasteiger partial charge in [0, 0.05) is 44.0 Å². The number of aliphatic hydroxyl groups is 1. The summed E-state index contributed by atoms with van der Waals surface area (Å²) in [5.41, 5.74) is 0.682. The van der Waals surface area contributed by atoms with Crippen LogP contribution in [0.5, 0.6) is 5.75 Å². The number of fused-ring (bicyclic) bond motifs is 1. The maximum atomic E-state index is 13.5. The van der Waals surface area contributed by atoms with E-state index < -0.39 is 22.2 Å². The summed E-state index contributed by atoms with van der Waals surface area (Å²) in [4.78, 5) is 14.4. The summed E-state index contributed by atoms with van der Waals surface area (Å²) >= 11 is 0. The second kappa shape index (κ2) is 11.1. The summed E-state index contributed by atoms with van der Waals surface area (Å²) in [7, 11) is -2.12. The molecule has 1 aliphatic carbocycles. The molecule has 3 atom stereocenters. The first-order valence-electron chi connectivity index (χ1n) is 12.2. The molecule has 1 fully saturated rings. The molecule has 0 radical (unpaired) electrons. The third-order valence-electron chi connectivity index (χ3n) is 6.45. The van der Waals surface area contributed by atoms with E-state index in [4.69, 9.17) is 4.74 Å². The standard InChI is InChI=1S/C26H38N2O5S/c1-18(2)7-6-8-21-11-12-25-23(13-21)33-24(16-27(5)26(30)14-22-9-10-22)19(3)15-28(20(4)17-29)34(25,31)32/h11-13,18-20,22,24,29H,7,9-10,14-17H2,1-5H3/t19-,20-,24+/m0/s1. The van der Waals surface area contributed by atoms with Crippen LogP contribution in [-0.4, -0.2) is 67.5 Å². The van der Waals surface area contributed by atoms with E-state index in [9.17, 15) is 18.3 Å². The molecule has 1 aliphatic heterocycles. The van der Waals surface area contributed by atoms with E-state index in [1.54, 1.807) is 31.0 Å². The van der Waals surface area contributed by atoms with Gasteiger partial charge in [-0.15, -0.1) is 0 Å². The maximum absolute atomic E-state index is 13.5. The predicted molar refractivity (Wildman–Crippen MR) is 132 cm³/mol. The SMILES string of the molecule is CC(C)CC#Cc1ccc2c(c1)O[C@H](CN(C)C(=O)CC1CC1)[C@@H](C)CN([C@@H](C)CO)S2(=O)=O. The molecule has 1 heterocycles. The minimum absolute atomic E-state index is 0.0612. The second-order valence-electron chi connectivity index (χ2n) is 10.2. The van der Waals surface area contributed by atoms with Crippen LogP contribution in [0.2, 0.25) is 0 Å². The number of sulfonamides is 1. The lowest BCUT2D eigenvalue weighted by atomic mass is 10.0. The minimum Gasteiger partial charge on any atom is -0.487 e. The average molecular weight is 491 g/mol. The Kier molecular flexibility index (Phi) is 8.66. The van der Waals surface area contributed by atoms with Gasteiger partial charge in [0.2, 0.25) is 15.9 Å². The monoisotopic (exact) mass is 490 g/mol. The molecule has 3 rings (SSSR count). The Morgan fingerprint density at radius 2 is 2.00 bits per heavy atom. The molecule has 1 aromatic rings. The van der Waals surface area contributed by atoms with E-state index in [0.717, 1.165) is 19.3 Å². The number of ether oxygens (including phenoxy) is 1. The molecule has 1 saturated carbocycles. The third-order valence-corrected chi connectivity index (χ3v) is 8.47. The van der Waals surface area contributed by atoms with Crippen LogP contribution in [-0.2, 0) is 14.8 Å². The van der Waals surface area contributed by atoms with Gasteiger partial charge in [0.25, 0.3) is 0 Å². The Balaban J connectivity index is 1.97. The zero-order valence-electron chi connectivity index (χ0n) is 21.0. The van der Waals surface area contributed by atoms with Gasteiger partial charge in [-0.2, -0.15) is 4.31 Å². The van der Waals surface area contributed by atoms with Crippen molar-refractivity contribution in [2.24, 2.45) is 17.8 Å². The van der Waals surface area contributed by atoms with Gasteiger partial charge in [0.1, 0.15) is 16.7 Å². The Labute approximate surface area is 204 Å². The number of nitrogens with zero attached hydrogens (tertiary/aromatic N) is 2. The lowest BCUT2D eigenvalue weighted by molar-refractivity contribution is -0.131. The molecular formula is C26H38N2O5S. The van der Waals surface area contributed by atoms with Crippen LogP contribution in [0.25, 0.3) is 0 Å². The molecule has 0 aromatic heterocycles. The van der Waals surface area contributed by atoms with Crippen molar-refractivity contribution in [3.63, 3.8) is 0 Å². The van der Waals surface area contributed by atoms with E-state index in [1.807, 2.05) is 6.92 Å². The second-order valence-corrected chi connectivity index (χ2v) is 12.1. The number of amides is 1. The summed E-state index contributed by atoms with van der Waals surface area (Å²) in [6, 6.07) is 4.33. The number of benzene rings is 1. The van der Waals surface area contributed by atoms with Crippen molar-refractivity contribution < 1.29 is 23.1 Å². The van der Waals surface area contributed by atoms with Crippen LogP contribution in [0.4, 0.5) is 0 Å². The summed E-state index contributed by atoms with van der Waals surface area (Å²) in [6.45, 7) is 8.06. The van der Waals surface area contributed by atoms with Crippen molar-refractivity contribution in [3.8, 4) is 17.6 Å². The molecule has 188 valence electrons. The summed E-state index contributed by atoms with van der Waals surface area (Å²) < 4.78 is 34.7. The molecule has 1 N–H and O–H groups in total. The lowest BCUT2D eigenvalue weighted by Crippen LogP contribution is -2.50. The topological polar surface area (TPSA) is 87.2 Å². The third kappa shape index (κ3) is 6.53. The first-order valence-corrected chi connectivity index (χ1v) is 13.6. The molecule has 7 nitrogen and oxygen atoms in total. The van der Waals surface area contributed by atoms with Crippen molar-refractivity contribution in [2.75, 3.05) is 26.7 Å². The number of rotatable bonds is 7. The van der Waals surface area contributed by atoms with Crippen LogP contribution in [0.1, 0.15) is 58.9 Å². The Bertz CT molecular complexity index is 1040. The number of carbonyl (C=O) groups is 1. The van der Waals surface area contributed by atoms with Gasteiger partial charge in [-0.25, -0.2) is 8.42 Å². The van der Waals surface area contributed by atoms with Gasteiger partial charge < -0.3 is 14.7 Å². The van der Waals surface area contributed by atoms with Gasteiger partial charge in [0.05, 0.1) is 13.2 Å². The fraction of sp³-hybridized carbons (Fsp3) is 0.654. The normalized spacial score (nSPS) is 23.0. The maximum Gasteiger partial charge on any atom is 0.247 e. The van der Waals surface area contributed by atoms with Crippen molar-refractivity contribution in [1.82, 2.24) is 9.21 Å². The lowest BCUT2D eigenvalue weighted by Gasteiger charge is -2.37. The molecule has 1 aromatic carbocycles. The molecule has 0 unspecified atom stereocenters. The molecular weight excluding hydrogens is 452 g/mol.